The van der Waals surface area contributed by atoms with Gasteiger partial charge < -0.3 is 97.3 Å². The topological polar surface area (TPSA) is 253 Å². The van der Waals surface area contributed by atoms with Gasteiger partial charge in [-0.15, -0.1) is 11.6 Å². The molecule has 22 rings (SSSR count). The Kier molecular flexibility index (Phi) is 23.0. The van der Waals surface area contributed by atoms with Gasteiger partial charge in [-0.3, -0.25) is 14.7 Å². The summed E-state index contributed by atoms with van der Waals surface area (Å²) >= 11 is 5.61. The van der Waals surface area contributed by atoms with E-state index in [1.165, 1.54) is 68.3 Å². The molecule has 5 N–H and O–H groups in total. The van der Waals surface area contributed by atoms with Crippen molar-refractivity contribution in [2.75, 3.05) is 92.6 Å². The van der Waals surface area contributed by atoms with Crippen LogP contribution in [0.2, 0.25) is 0 Å². The van der Waals surface area contributed by atoms with E-state index in [9.17, 15) is 0 Å². The number of halogens is 2. The summed E-state index contributed by atoms with van der Waals surface area (Å²) in [6.45, 7) is 6.06. The van der Waals surface area contributed by atoms with Crippen LogP contribution < -0.4 is 140 Å². The number of fused-ring (bicyclic) bond motifs is 6. The number of hydrogen-bond acceptors (Lipinski definition) is 22. The first-order valence-corrected chi connectivity index (χ1v) is 38.5. The molecule has 0 amide bonds. The summed E-state index contributed by atoms with van der Waals surface area (Å²) in [5.41, 5.74) is 29.1. The van der Waals surface area contributed by atoms with E-state index in [1.807, 2.05) is 28.8 Å². The average molecular weight is 1680 g/mol. The summed E-state index contributed by atoms with van der Waals surface area (Å²) < 4.78 is 67.6. The number of nitrogens with two attached hydrogens (primary N) is 2. The van der Waals surface area contributed by atoms with Crippen molar-refractivity contribution in [3.05, 3.63) is 213 Å². The maximum absolute atomic E-state index is 7.09. The standard InChI is InChI=1S/C43H43N7O5.C35H34N2O5.C8H10ClN5.HI.K/c1-48-15-11-27-20-35-36-22-30(27)31(48)18-26-7-10-33(51-2)34(19-26)53-29-8-5-25(6-9-29)17-32-38-28(21-37(52-3)40(54-35)41(38)55-36)12-16-49(32)13-4-14-50-24-47-39-42(44)45-23-46-43(39)50;1-37-13-11-22-17-30-31-19-25(22)27(37)15-21-6-9-28(38-2)29(16-21)40-24-7-4-20(5-8-24)14-26-33-23(10-12-36-26)18-32(39-3)34(41-30)35(33)42-31;9-2-1-3-14-5-13-6-7(10)11-4-12-8(6)14;;/h5-10,19-24,31-32H,4,11-18H2,1-3H3,(H2,44,45,46);4-9,16-19,26-27,36H,10-15H2,1-3H3;4-5H,1-3H2,(H2,10,11,12);1H;/q;;;;+1/p-1/t31-,32-;26-,27-;;;/m00.../s1. The molecule has 4 atom stereocenters. The van der Waals surface area contributed by atoms with Gasteiger partial charge in [-0.1, -0.05) is 36.4 Å². The molecule has 0 saturated heterocycles. The molecule has 14 bridgehead atoms. The molecule has 0 radical (unpaired) electrons. The van der Waals surface area contributed by atoms with Crippen LogP contribution in [0, 0.1) is 0 Å². The average Bonchev–Trinajstić information content (AvgIpc) is 1.13. The number of imidazole rings is 2. The normalized spacial score (nSPS) is 17.9. The Morgan fingerprint density at radius 3 is 1.41 bits per heavy atom. The Hall–Kier alpha value is -9.04. The van der Waals surface area contributed by atoms with Gasteiger partial charge in [-0.25, -0.2) is 29.9 Å². The van der Waals surface area contributed by atoms with E-state index >= 15 is 0 Å². The van der Waals surface area contributed by atoms with Crippen LogP contribution in [-0.4, -0.2) is 135 Å². The van der Waals surface area contributed by atoms with Crippen molar-refractivity contribution < 1.29 is 123 Å². The summed E-state index contributed by atoms with van der Waals surface area (Å²) in [5, 5.41) is 3.74. The summed E-state index contributed by atoms with van der Waals surface area (Å²) in [7, 11) is 11.2. The third kappa shape index (κ3) is 15.3. The number of likely N-dealkylation sites (N-methyl/N-ethyl adjacent to an activating group) is 2. The first kappa shape index (κ1) is 77.9. The largest absolute Gasteiger partial charge is 1.00 e. The molecule has 0 unspecified atom stereocenters. The van der Waals surface area contributed by atoms with Crippen LogP contribution in [0.5, 0.6) is 92.0 Å². The van der Waals surface area contributed by atoms with E-state index in [1.54, 1.807) is 41.1 Å². The van der Waals surface area contributed by atoms with Crippen molar-refractivity contribution in [2.24, 2.45) is 0 Å². The molecule has 14 heterocycles. The van der Waals surface area contributed by atoms with Crippen molar-refractivity contribution in [3.8, 4) is 92.0 Å². The molecule has 4 aromatic heterocycles. The molecule has 113 heavy (non-hydrogen) atoms. The maximum Gasteiger partial charge on any atom is 1.00 e. The molecule has 0 spiro atoms. The van der Waals surface area contributed by atoms with Gasteiger partial charge in [0.15, 0.2) is 91.9 Å². The van der Waals surface area contributed by atoms with Crippen LogP contribution in [0.15, 0.2) is 147 Å². The van der Waals surface area contributed by atoms with Gasteiger partial charge >= 0.3 is 51.4 Å². The second-order valence-electron chi connectivity index (χ2n) is 29.5. The summed E-state index contributed by atoms with van der Waals surface area (Å²) in [5.74, 6) is 13.0. The van der Waals surface area contributed by atoms with Crippen molar-refractivity contribution in [1.82, 2.24) is 59.1 Å². The molecular formula is C86H87ClIKN14O10. The number of anilines is 2. The van der Waals surface area contributed by atoms with Crippen LogP contribution in [0.1, 0.15) is 104 Å². The van der Waals surface area contributed by atoms with Crippen LogP contribution in [0.25, 0.3) is 22.3 Å². The summed E-state index contributed by atoms with van der Waals surface area (Å²) in [6.07, 6.45) is 15.0. The fourth-order valence-electron chi connectivity index (χ4n) is 17.1. The van der Waals surface area contributed by atoms with Gasteiger partial charge in [-0.05, 0) is 225 Å². The zero-order valence-corrected chi connectivity index (χ0v) is 70.3. The van der Waals surface area contributed by atoms with Crippen molar-refractivity contribution in [2.45, 2.75) is 101 Å². The van der Waals surface area contributed by atoms with E-state index < -0.39 is 0 Å². The molecule has 576 valence electrons. The molecule has 24 nitrogen and oxygen atoms in total. The fourth-order valence-corrected chi connectivity index (χ4v) is 17.3. The van der Waals surface area contributed by atoms with Crippen LogP contribution >= 0.6 is 11.6 Å². The zero-order valence-electron chi connectivity index (χ0n) is 64.3. The van der Waals surface area contributed by atoms with E-state index in [0.717, 1.165) is 190 Å². The minimum atomic E-state index is 0. The second-order valence-corrected chi connectivity index (χ2v) is 29.9. The van der Waals surface area contributed by atoms with Gasteiger partial charge in [0, 0.05) is 80.4 Å². The molecule has 0 saturated carbocycles. The zero-order chi connectivity index (χ0) is 75.5. The number of rotatable bonds is 11. The summed E-state index contributed by atoms with van der Waals surface area (Å²) in [6, 6.07) is 42.7. The molecule has 0 fully saturated rings. The first-order chi connectivity index (χ1) is 54.3. The van der Waals surface area contributed by atoms with Crippen LogP contribution in [0.4, 0.5) is 11.6 Å². The number of ether oxygens (including phenoxy) is 10. The number of alkyl halides is 1. The predicted molar refractivity (Wildman–Crippen MR) is 423 cm³/mol. The predicted octanol–water partition coefficient (Wildman–Crippen LogP) is 9.39. The van der Waals surface area contributed by atoms with Crippen molar-refractivity contribution in [1.29, 1.82) is 0 Å². The molecule has 0 aliphatic carbocycles. The monoisotopic (exact) mass is 1680 g/mol. The van der Waals surface area contributed by atoms with Gasteiger partial charge in [0.1, 0.15) is 35.2 Å². The number of nitrogens with zero attached hydrogens (tertiary/aromatic N) is 11. The van der Waals surface area contributed by atoms with Crippen molar-refractivity contribution >= 4 is 45.6 Å². The number of methoxy groups -OCH3 is 4. The Balaban J connectivity index is 0.000000146. The Morgan fingerprint density at radius 1 is 0.442 bits per heavy atom. The Morgan fingerprint density at radius 2 is 0.894 bits per heavy atom. The number of aromatic nitrogens is 8. The quantitative estimate of drug-likeness (QED) is 0.0619. The molecule has 10 aliphatic rings. The Labute approximate surface area is 720 Å². The molecule has 10 aliphatic heterocycles. The van der Waals surface area contributed by atoms with Gasteiger partial charge in [0.05, 0.1) is 41.1 Å². The van der Waals surface area contributed by atoms with E-state index in [-0.39, 0.29) is 99.5 Å². The SMILES string of the molecule is COc1ccc2cc1Oc1ccc(cc1)C[C@@H]1NCCc3cc(OC)c4c(c31)Oc1cc3c(cc1O4)CCN(C)[C@H]3C2.COc1ccc2cc1Oc1ccc(cc1)C[C@H]1c3c(cc(OC)c4c3Oc3cc5c(cc3O4)CCN(C)[C@H]5C2)CCN1CCCn1cnc2c(N)ncnc21.Nc1ncnc2c1ncn2CCCCl.[I-].[K+]. The number of nitrogens with one attached hydrogen (secondary N) is 1. The molecule has 27 heteroatoms. The van der Waals surface area contributed by atoms with Gasteiger partial charge in [0.2, 0.25) is 11.5 Å². The van der Waals surface area contributed by atoms with Crippen LogP contribution in [0.3, 0.4) is 0 Å². The number of aryl methyl sites for hydroxylation is 2. The minimum absolute atomic E-state index is 0. The molecule has 8 aromatic carbocycles. The van der Waals surface area contributed by atoms with E-state index in [4.69, 9.17) is 70.4 Å². The third-order valence-electron chi connectivity index (χ3n) is 22.9. The smallest absolute Gasteiger partial charge is 1.00 e. The third-order valence-corrected chi connectivity index (χ3v) is 23.2. The van der Waals surface area contributed by atoms with Gasteiger partial charge in [0.25, 0.3) is 0 Å². The second kappa shape index (κ2) is 33.4. The summed E-state index contributed by atoms with van der Waals surface area (Å²) in [4.78, 5) is 32.6. The molecule has 12 aromatic rings. The number of hydrogen-bond donors (Lipinski definition) is 3. The van der Waals surface area contributed by atoms with E-state index in [0.29, 0.717) is 63.0 Å². The van der Waals surface area contributed by atoms with Crippen LogP contribution in [-0.2, 0) is 64.5 Å². The molecular weight excluding hydrogens is 1590 g/mol. The first-order valence-electron chi connectivity index (χ1n) is 38.0. The van der Waals surface area contributed by atoms with E-state index in [2.05, 4.69) is 166 Å². The Bertz CT molecular complexity index is 5560. The van der Waals surface area contributed by atoms with Gasteiger partial charge in [-0.2, -0.15) is 0 Å². The van der Waals surface area contributed by atoms with Crippen molar-refractivity contribution in [3.63, 3.8) is 0 Å². The fraction of sp³-hybridized carbons (Fsp3) is 0.326. The number of nitrogen functional groups attached to an aromatic ring is 2. The maximum atomic E-state index is 7.09. The minimum Gasteiger partial charge on any atom is -1.00 e. The number of benzene rings is 8.